The molecule has 0 fully saturated rings. The molecule has 0 bridgehead atoms. The molecule has 1 unspecified atom stereocenters. The number of rotatable bonds is 2. The minimum atomic E-state index is -0.315. The van der Waals surface area contributed by atoms with E-state index in [1.165, 1.54) is 13.2 Å². The van der Waals surface area contributed by atoms with E-state index in [2.05, 4.69) is 5.16 Å². The highest BCUT2D eigenvalue weighted by molar-refractivity contribution is 6.32. The zero-order chi connectivity index (χ0) is 15.0. The van der Waals surface area contributed by atoms with Gasteiger partial charge >= 0.3 is 0 Å². The predicted molar refractivity (Wildman–Crippen MR) is 76.3 cm³/mol. The van der Waals surface area contributed by atoms with Crippen molar-refractivity contribution in [2.45, 2.75) is 13.0 Å². The van der Waals surface area contributed by atoms with Crippen LogP contribution in [0.15, 0.2) is 28.8 Å². The van der Waals surface area contributed by atoms with Crippen molar-refractivity contribution < 1.29 is 18.8 Å². The number of nitrogens with zero attached hydrogens (tertiary/aromatic N) is 2. The van der Waals surface area contributed by atoms with Gasteiger partial charge in [-0.1, -0.05) is 17.7 Å². The molecule has 0 aliphatic carbocycles. The van der Waals surface area contributed by atoms with Crippen LogP contribution in [0.25, 0.3) is 0 Å². The van der Waals surface area contributed by atoms with E-state index in [0.717, 1.165) is 0 Å². The largest absolute Gasteiger partial charge is 0.485 e. The number of amides is 1. The van der Waals surface area contributed by atoms with Crippen LogP contribution in [-0.2, 0) is 0 Å². The van der Waals surface area contributed by atoms with Gasteiger partial charge < -0.3 is 14.0 Å². The summed E-state index contributed by atoms with van der Waals surface area (Å²) in [6, 6.07) is 6.71. The van der Waals surface area contributed by atoms with Gasteiger partial charge in [0, 0.05) is 0 Å². The predicted octanol–water partition coefficient (Wildman–Crippen LogP) is 2.76. The Morgan fingerprint density at radius 3 is 3.05 bits per heavy atom. The van der Waals surface area contributed by atoms with Gasteiger partial charge in [-0.2, -0.15) is 0 Å². The lowest BCUT2D eigenvalue weighted by Crippen LogP contribution is -2.42. The van der Waals surface area contributed by atoms with Gasteiger partial charge in [-0.25, -0.2) is 0 Å². The van der Waals surface area contributed by atoms with Crippen LogP contribution in [0.5, 0.6) is 11.6 Å². The Labute approximate surface area is 126 Å². The normalized spacial score (nSPS) is 17.1. The molecule has 0 radical (unpaired) electrons. The summed E-state index contributed by atoms with van der Waals surface area (Å²) in [6.45, 7) is 2.27. The molecule has 21 heavy (non-hydrogen) atoms. The molecule has 1 aliphatic rings. The van der Waals surface area contributed by atoms with Gasteiger partial charge in [0.25, 0.3) is 11.8 Å². The van der Waals surface area contributed by atoms with Crippen LogP contribution >= 0.6 is 11.6 Å². The van der Waals surface area contributed by atoms with E-state index in [-0.39, 0.29) is 23.7 Å². The Kier molecular flexibility index (Phi) is 3.47. The summed E-state index contributed by atoms with van der Waals surface area (Å²) in [5.41, 5.74) is 0.612. The molecule has 1 atom stereocenters. The highest BCUT2D eigenvalue weighted by atomic mass is 35.5. The fourth-order valence-corrected chi connectivity index (χ4v) is 2.42. The Morgan fingerprint density at radius 2 is 2.33 bits per heavy atom. The van der Waals surface area contributed by atoms with E-state index in [1.54, 1.807) is 23.1 Å². The Hall–Kier alpha value is -2.21. The molecule has 1 aromatic carbocycles. The topological polar surface area (TPSA) is 64.8 Å². The first kappa shape index (κ1) is 13.8. The molecule has 0 N–H and O–H groups in total. The number of methoxy groups -OCH3 is 1. The number of carbonyl (C=O) groups excluding carboxylic acids is 1. The van der Waals surface area contributed by atoms with Gasteiger partial charge in [-0.15, -0.1) is 0 Å². The molecule has 2 aromatic rings. The number of anilines is 1. The molecule has 0 saturated heterocycles. The van der Waals surface area contributed by atoms with Gasteiger partial charge in [0.2, 0.25) is 5.76 Å². The summed E-state index contributed by atoms with van der Waals surface area (Å²) in [7, 11) is 1.46. The van der Waals surface area contributed by atoms with Crippen molar-refractivity contribution >= 4 is 23.2 Å². The average Bonchev–Trinajstić information content (AvgIpc) is 2.96. The van der Waals surface area contributed by atoms with Gasteiger partial charge in [0.15, 0.2) is 5.75 Å². The van der Waals surface area contributed by atoms with Crippen LogP contribution < -0.4 is 14.4 Å². The number of ether oxygens (including phenoxy) is 2. The van der Waals surface area contributed by atoms with Crippen LogP contribution in [0.4, 0.5) is 5.69 Å². The summed E-state index contributed by atoms with van der Waals surface area (Å²) in [5.74, 6) is 0.542. The number of carbonyl (C=O) groups is 1. The Balaban J connectivity index is 1.99. The minimum absolute atomic E-state index is 0.104. The molecule has 1 aromatic heterocycles. The maximum absolute atomic E-state index is 12.6. The fraction of sp³-hybridized carbons (Fsp3) is 0.286. The lowest BCUT2D eigenvalue weighted by atomic mass is 10.2. The number of halogens is 1. The maximum Gasteiger partial charge on any atom is 0.297 e. The van der Waals surface area contributed by atoms with E-state index in [9.17, 15) is 4.79 Å². The highest BCUT2D eigenvalue weighted by Gasteiger charge is 2.31. The average molecular weight is 309 g/mol. The molecule has 0 spiro atoms. The number of hydrogen-bond acceptors (Lipinski definition) is 5. The van der Waals surface area contributed by atoms with E-state index >= 15 is 0 Å². The van der Waals surface area contributed by atoms with Crippen molar-refractivity contribution in [3.8, 4) is 11.6 Å². The van der Waals surface area contributed by atoms with E-state index in [1.807, 2.05) is 6.92 Å². The summed E-state index contributed by atoms with van der Waals surface area (Å²) < 4.78 is 15.6. The smallest absolute Gasteiger partial charge is 0.297 e. The molecule has 1 amide bonds. The van der Waals surface area contributed by atoms with Crippen molar-refractivity contribution in [1.82, 2.24) is 5.16 Å². The zero-order valence-corrected chi connectivity index (χ0v) is 12.3. The lowest BCUT2D eigenvalue weighted by molar-refractivity contribution is 0.0925. The second-order valence-electron chi connectivity index (χ2n) is 4.67. The first-order valence-corrected chi connectivity index (χ1v) is 6.75. The molecular weight excluding hydrogens is 296 g/mol. The summed E-state index contributed by atoms with van der Waals surface area (Å²) in [5, 5.41) is 4.11. The van der Waals surface area contributed by atoms with Crippen LogP contribution in [0.1, 0.15) is 17.5 Å². The SMILES string of the molecule is COc1cc(C(=O)N2CC(C)Oc3c(Cl)cccc32)on1. The van der Waals surface area contributed by atoms with Crippen molar-refractivity contribution in [3.63, 3.8) is 0 Å². The Morgan fingerprint density at radius 1 is 1.52 bits per heavy atom. The zero-order valence-electron chi connectivity index (χ0n) is 11.5. The standard InChI is InChI=1S/C14H13ClN2O4/c1-8-7-17(10-5-3-4-9(15)13(10)20-8)14(18)11-6-12(19-2)16-21-11/h3-6,8H,7H2,1-2H3. The number of aromatic nitrogens is 1. The number of para-hydroxylation sites is 1. The second kappa shape index (κ2) is 5.29. The molecule has 1 aliphatic heterocycles. The molecule has 3 rings (SSSR count). The highest BCUT2D eigenvalue weighted by Crippen LogP contribution is 2.39. The molecule has 6 nitrogen and oxygen atoms in total. The fourth-order valence-electron chi connectivity index (χ4n) is 2.20. The third-order valence-corrected chi connectivity index (χ3v) is 3.45. The van der Waals surface area contributed by atoms with Gasteiger partial charge in [-0.3, -0.25) is 9.69 Å². The monoisotopic (exact) mass is 308 g/mol. The van der Waals surface area contributed by atoms with Crippen LogP contribution in [-0.4, -0.2) is 30.8 Å². The van der Waals surface area contributed by atoms with Gasteiger partial charge in [0.1, 0.15) is 6.10 Å². The second-order valence-corrected chi connectivity index (χ2v) is 5.07. The maximum atomic E-state index is 12.6. The molecular formula is C14H13ClN2O4. The van der Waals surface area contributed by atoms with E-state index in [4.69, 9.17) is 25.6 Å². The molecule has 0 saturated carbocycles. The third kappa shape index (κ3) is 2.42. The van der Waals surface area contributed by atoms with Crippen LogP contribution in [0, 0.1) is 0 Å². The summed E-state index contributed by atoms with van der Waals surface area (Å²) in [6.07, 6.45) is -0.175. The van der Waals surface area contributed by atoms with E-state index in [0.29, 0.717) is 23.0 Å². The van der Waals surface area contributed by atoms with Crippen LogP contribution in [0.3, 0.4) is 0 Å². The third-order valence-electron chi connectivity index (χ3n) is 3.15. The first-order valence-electron chi connectivity index (χ1n) is 6.38. The van der Waals surface area contributed by atoms with Crippen molar-refractivity contribution in [1.29, 1.82) is 0 Å². The summed E-state index contributed by atoms with van der Waals surface area (Å²) >= 11 is 6.13. The number of fused-ring (bicyclic) bond motifs is 1. The van der Waals surface area contributed by atoms with E-state index < -0.39 is 0 Å². The number of benzene rings is 1. The van der Waals surface area contributed by atoms with Crippen molar-refractivity contribution in [2.24, 2.45) is 0 Å². The molecule has 7 heteroatoms. The van der Waals surface area contributed by atoms with Crippen molar-refractivity contribution in [2.75, 3.05) is 18.6 Å². The van der Waals surface area contributed by atoms with Crippen molar-refractivity contribution in [3.05, 3.63) is 35.0 Å². The summed E-state index contributed by atoms with van der Waals surface area (Å²) in [4.78, 5) is 14.2. The first-order chi connectivity index (χ1) is 10.1. The minimum Gasteiger partial charge on any atom is -0.485 e. The van der Waals surface area contributed by atoms with Crippen LogP contribution in [0.2, 0.25) is 5.02 Å². The Bertz CT molecular complexity index is 685. The number of hydrogen-bond donors (Lipinski definition) is 0. The molecule has 2 heterocycles. The lowest BCUT2D eigenvalue weighted by Gasteiger charge is -2.33. The quantitative estimate of drug-likeness (QED) is 0.853. The van der Waals surface area contributed by atoms with Gasteiger partial charge in [-0.05, 0) is 24.2 Å². The van der Waals surface area contributed by atoms with Gasteiger partial charge in [0.05, 0.1) is 30.4 Å². The molecule has 110 valence electrons.